The van der Waals surface area contributed by atoms with Crippen molar-refractivity contribution in [1.82, 2.24) is 19.8 Å². The number of rotatable bonds is 4. The van der Waals surface area contributed by atoms with Crippen LogP contribution in [0.15, 0.2) is 6.07 Å². The molecule has 180 valence electrons. The van der Waals surface area contributed by atoms with Crippen LogP contribution in [0.2, 0.25) is 0 Å². The van der Waals surface area contributed by atoms with Crippen LogP contribution in [0.1, 0.15) is 6.42 Å². The summed E-state index contributed by atoms with van der Waals surface area (Å²) in [5.41, 5.74) is 6.04. The molecule has 2 aliphatic rings. The molecule has 0 atom stereocenters. The molecule has 2 fully saturated rings. The van der Waals surface area contributed by atoms with Crippen molar-refractivity contribution in [3.05, 3.63) is 6.07 Å². The summed E-state index contributed by atoms with van der Waals surface area (Å²) in [4.78, 5) is 46.0. The molecule has 0 radical (unpaired) electrons. The summed E-state index contributed by atoms with van der Waals surface area (Å²) in [7, 11) is 3.59. The Labute approximate surface area is 187 Å². The minimum Gasteiger partial charge on any atom is -0.483 e. The summed E-state index contributed by atoms with van der Waals surface area (Å²) < 4.78 is 5.40. The van der Waals surface area contributed by atoms with Gasteiger partial charge in [-0.05, 0) is 6.42 Å². The molecule has 3 heterocycles. The summed E-state index contributed by atoms with van der Waals surface area (Å²) in [6.07, 6.45) is 0.984. The fourth-order valence-corrected chi connectivity index (χ4v) is 3.20. The zero-order valence-electron chi connectivity index (χ0n) is 18.6. The van der Waals surface area contributed by atoms with Crippen LogP contribution in [0.25, 0.3) is 0 Å². The molecule has 1 aromatic heterocycles. The minimum absolute atomic E-state index is 0.138. The van der Waals surface area contributed by atoms with Gasteiger partial charge in [0, 0.05) is 59.4 Å². The lowest BCUT2D eigenvalue weighted by molar-refractivity contribution is -0.130. The number of carboxylic acid groups (broad SMARTS) is 2. The van der Waals surface area contributed by atoms with E-state index in [1.54, 1.807) is 19.0 Å². The first-order chi connectivity index (χ1) is 15.4. The highest BCUT2D eigenvalue weighted by Gasteiger charge is 2.21. The van der Waals surface area contributed by atoms with E-state index in [4.69, 9.17) is 35.3 Å². The minimum atomic E-state index is -0.250. The van der Waals surface area contributed by atoms with Crippen molar-refractivity contribution in [2.75, 3.05) is 88.7 Å². The third-order valence-corrected chi connectivity index (χ3v) is 4.78. The number of anilines is 3. The number of hydrogen-bond donors (Lipinski definition) is 3. The summed E-state index contributed by atoms with van der Waals surface area (Å²) >= 11 is 0. The topological polar surface area (TPSA) is 166 Å². The first-order valence-electron chi connectivity index (χ1n) is 10.2. The van der Waals surface area contributed by atoms with Gasteiger partial charge >= 0.3 is 0 Å². The van der Waals surface area contributed by atoms with Crippen LogP contribution in [0.5, 0.6) is 0 Å². The largest absolute Gasteiger partial charge is 0.483 e. The Balaban J connectivity index is 0.000000769. The van der Waals surface area contributed by atoms with Crippen LogP contribution in [-0.4, -0.2) is 122 Å². The quantitative estimate of drug-likeness (QED) is 0.470. The lowest BCUT2D eigenvalue weighted by Gasteiger charge is -2.28. The fraction of sp³-hybridized carbons (Fsp3) is 0.632. The van der Waals surface area contributed by atoms with E-state index in [0.717, 1.165) is 51.5 Å². The highest BCUT2D eigenvalue weighted by Crippen LogP contribution is 2.21. The van der Waals surface area contributed by atoms with Gasteiger partial charge in [-0.2, -0.15) is 9.97 Å². The molecule has 32 heavy (non-hydrogen) atoms. The number of likely N-dealkylation sites (N-methyl/N-ethyl adjacent to an activating group) is 1. The van der Waals surface area contributed by atoms with E-state index in [0.29, 0.717) is 31.5 Å². The molecule has 2 aliphatic heterocycles. The van der Waals surface area contributed by atoms with Crippen molar-refractivity contribution in [1.29, 1.82) is 0 Å². The van der Waals surface area contributed by atoms with Gasteiger partial charge in [0.2, 0.25) is 11.9 Å². The van der Waals surface area contributed by atoms with Crippen LogP contribution in [0, 0.1) is 0 Å². The molecule has 0 unspecified atom stereocenters. The Morgan fingerprint density at radius 2 is 1.69 bits per heavy atom. The molecule has 0 aromatic carbocycles. The molecule has 1 aromatic rings. The van der Waals surface area contributed by atoms with Gasteiger partial charge in [0.05, 0.1) is 19.8 Å². The van der Waals surface area contributed by atoms with Gasteiger partial charge in [0.1, 0.15) is 11.6 Å². The highest BCUT2D eigenvalue weighted by atomic mass is 16.5. The van der Waals surface area contributed by atoms with Gasteiger partial charge in [0.15, 0.2) is 0 Å². The third kappa shape index (κ3) is 9.31. The number of carbonyl (C=O) groups is 3. The van der Waals surface area contributed by atoms with Crippen molar-refractivity contribution in [2.45, 2.75) is 6.42 Å². The van der Waals surface area contributed by atoms with E-state index in [-0.39, 0.29) is 18.9 Å². The van der Waals surface area contributed by atoms with E-state index >= 15 is 0 Å². The SMILES string of the molecule is CN(C)C(=O)CN1CCCN(c2cc(N)nc(N3CCOCC3)n2)CC1.O=CO.O=CO. The second kappa shape index (κ2) is 14.8. The molecule has 13 nitrogen and oxygen atoms in total. The number of nitrogen functional groups attached to an aromatic ring is 1. The summed E-state index contributed by atoms with van der Waals surface area (Å²) in [5.74, 6) is 2.16. The normalized spacial score (nSPS) is 16.4. The Morgan fingerprint density at radius 3 is 2.28 bits per heavy atom. The monoisotopic (exact) mass is 455 g/mol. The highest BCUT2D eigenvalue weighted by molar-refractivity contribution is 5.77. The Hall–Kier alpha value is -3.19. The van der Waals surface area contributed by atoms with Crippen molar-refractivity contribution in [3.63, 3.8) is 0 Å². The molecule has 0 saturated carbocycles. The first-order valence-corrected chi connectivity index (χ1v) is 10.2. The number of aromatic nitrogens is 2. The number of ether oxygens (including phenoxy) is 1. The Kier molecular flexibility index (Phi) is 12.4. The molecule has 4 N–H and O–H groups in total. The molecular formula is C19H33N7O6. The van der Waals surface area contributed by atoms with Crippen molar-refractivity contribution >= 4 is 36.4 Å². The molecular weight excluding hydrogens is 422 g/mol. The Morgan fingerprint density at radius 1 is 1.06 bits per heavy atom. The predicted molar refractivity (Wildman–Crippen MR) is 119 cm³/mol. The van der Waals surface area contributed by atoms with Crippen molar-refractivity contribution < 1.29 is 29.3 Å². The average Bonchev–Trinajstić information content (AvgIpc) is 3.00. The number of amides is 1. The van der Waals surface area contributed by atoms with Crippen molar-refractivity contribution in [3.8, 4) is 0 Å². The van der Waals surface area contributed by atoms with Gasteiger partial charge in [-0.3, -0.25) is 19.3 Å². The standard InChI is InChI=1S/C17H29N7O2.2CH2O2/c1-21(2)16(25)13-22-4-3-5-23(7-6-22)15-12-14(18)19-17(20-15)24-8-10-26-11-9-24;2*2-1-3/h12H,3-11,13H2,1-2H3,(H2,18,19,20);2*1H,(H,2,3). The van der Waals surface area contributed by atoms with Crippen LogP contribution in [0.3, 0.4) is 0 Å². The molecule has 3 rings (SSSR count). The van der Waals surface area contributed by atoms with E-state index in [9.17, 15) is 4.79 Å². The van der Waals surface area contributed by atoms with Crippen LogP contribution >= 0.6 is 0 Å². The van der Waals surface area contributed by atoms with Gasteiger partial charge in [-0.1, -0.05) is 0 Å². The van der Waals surface area contributed by atoms with E-state index in [2.05, 4.69) is 19.7 Å². The zero-order chi connectivity index (χ0) is 23.9. The second-order valence-corrected chi connectivity index (χ2v) is 7.17. The second-order valence-electron chi connectivity index (χ2n) is 7.17. The Bertz CT molecular complexity index is 709. The maximum Gasteiger partial charge on any atom is 0.290 e. The molecule has 0 bridgehead atoms. The first kappa shape index (κ1) is 26.8. The lowest BCUT2D eigenvalue weighted by atomic mass is 10.3. The van der Waals surface area contributed by atoms with Crippen LogP contribution in [-0.2, 0) is 19.1 Å². The molecule has 0 spiro atoms. The summed E-state index contributed by atoms with van der Waals surface area (Å²) in [5, 5.41) is 13.8. The van der Waals surface area contributed by atoms with Crippen molar-refractivity contribution in [2.24, 2.45) is 0 Å². The average molecular weight is 456 g/mol. The molecule has 0 aliphatic carbocycles. The maximum absolute atomic E-state index is 12.0. The molecule has 1 amide bonds. The maximum atomic E-state index is 12.0. The summed E-state index contributed by atoms with van der Waals surface area (Å²) in [6, 6.07) is 1.84. The summed E-state index contributed by atoms with van der Waals surface area (Å²) in [6.45, 7) is 6.35. The van der Waals surface area contributed by atoms with E-state index < -0.39 is 0 Å². The van der Waals surface area contributed by atoms with Crippen LogP contribution < -0.4 is 15.5 Å². The molecule has 2 saturated heterocycles. The van der Waals surface area contributed by atoms with Gasteiger partial charge in [-0.25, -0.2) is 0 Å². The third-order valence-electron chi connectivity index (χ3n) is 4.78. The zero-order valence-corrected chi connectivity index (χ0v) is 18.6. The predicted octanol–water partition coefficient (Wildman–Crippen LogP) is -1.10. The smallest absolute Gasteiger partial charge is 0.290 e. The van der Waals surface area contributed by atoms with E-state index in [1.165, 1.54) is 0 Å². The lowest BCUT2D eigenvalue weighted by Crippen LogP contribution is -2.39. The van der Waals surface area contributed by atoms with Gasteiger partial charge in [0.25, 0.3) is 12.9 Å². The number of hydrogen-bond acceptors (Lipinski definition) is 10. The number of nitrogens with two attached hydrogens (primary N) is 1. The number of nitrogens with zero attached hydrogens (tertiary/aromatic N) is 6. The number of carbonyl (C=O) groups excluding carboxylic acids is 1. The van der Waals surface area contributed by atoms with Gasteiger partial charge < -0.3 is 35.4 Å². The van der Waals surface area contributed by atoms with Crippen LogP contribution in [0.4, 0.5) is 17.6 Å². The number of morpholine rings is 1. The molecule has 13 heteroatoms. The fourth-order valence-electron chi connectivity index (χ4n) is 3.20. The van der Waals surface area contributed by atoms with Gasteiger partial charge in [-0.15, -0.1) is 0 Å². The van der Waals surface area contributed by atoms with E-state index in [1.807, 2.05) is 6.07 Å².